The van der Waals surface area contributed by atoms with Gasteiger partial charge in [-0.2, -0.15) is 0 Å². The summed E-state index contributed by atoms with van der Waals surface area (Å²) in [6.07, 6.45) is 27.8. The van der Waals surface area contributed by atoms with Crippen molar-refractivity contribution in [2.45, 2.75) is 185 Å². The average molecular weight is 623 g/mol. The minimum Gasteiger partial charge on any atom is -0.481 e. The van der Waals surface area contributed by atoms with Crippen LogP contribution in [0.2, 0.25) is 0 Å². The molecule has 0 radical (unpaired) electrons. The van der Waals surface area contributed by atoms with E-state index in [0.717, 1.165) is 53.7 Å². The zero-order valence-electron chi connectivity index (χ0n) is 28.4. The highest BCUT2D eigenvalue weighted by Crippen LogP contribution is 2.34. The highest BCUT2D eigenvalue weighted by atomic mass is 16.4. The smallest absolute Gasteiger partial charge is 0.307 e. The third-order valence-corrected chi connectivity index (χ3v) is 12.1. The van der Waals surface area contributed by atoms with Crippen LogP contribution in [0.1, 0.15) is 156 Å². The fourth-order valence-electron chi connectivity index (χ4n) is 9.77. The molecule has 4 saturated carbocycles. The Morgan fingerprint density at radius 2 is 0.933 bits per heavy atom. The zero-order chi connectivity index (χ0) is 31.6. The van der Waals surface area contributed by atoms with Crippen LogP contribution in [0, 0.1) is 6.92 Å². The van der Waals surface area contributed by atoms with E-state index >= 15 is 0 Å². The monoisotopic (exact) mass is 622 g/mol. The van der Waals surface area contributed by atoms with Gasteiger partial charge in [-0.1, -0.05) is 83.1 Å². The molecule has 0 atom stereocenters. The number of benzene rings is 1. The quantitative estimate of drug-likeness (QED) is 0.217. The second-order valence-electron chi connectivity index (χ2n) is 15.1. The lowest BCUT2D eigenvalue weighted by molar-refractivity contribution is -0.137. The lowest BCUT2D eigenvalue weighted by Crippen LogP contribution is -2.46. The van der Waals surface area contributed by atoms with Crippen LogP contribution >= 0.6 is 0 Å². The second-order valence-corrected chi connectivity index (χ2v) is 15.1. The summed E-state index contributed by atoms with van der Waals surface area (Å²) in [6.45, 7) is 3.97. The Morgan fingerprint density at radius 1 is 0.556 bits per heavy atom. The van der Waals surface area contributed by atoms with Gasteiger partial charge >= 0.3 is 11.9 Å². The maximum absolute atomic E-state index is 12.4. The van der Waals surface area contributed by atoms with E-state index in [1.54, 1.807) is 0 Å². The molecule has 1 aromatic carbocycles. The van der Waals surface area contributed by atoms with Crippen LogP contribution in [0.25, 0.3) is 0 Å². The molecule has 0 spiro atoms. The van der Waals surface area contributed by atoms with Crippen molar-refractivity contribution in [1.29, 1.82) is 0 Å². The van der Waals surface area contributed by atoms with Gasteiger partial charge in [0.1, 0.15) is 0 Å². The normalized spacial score (nSPS) is 21.5. The summed E-state index contributed by atoms with van der Waals surface area (Å²) in [4.78, 5) is 30.1. The molecule has 6 nitrogen and oxygen atoms in total. The summed E-state index contributed by atoms with van der Waals surface area (Å²) < 4.78 is 0. The van der Waals surface area contributed by atoms with Crippen LogP contribution in [0.5, 0.6) is 0 Å². The number of aliphatic carboxylic acids is 2. The van der Waals surface area contributed by atoms with Crippen molar-refractivity contribution < 1.29 is 19.8 Å². The Morgan fingerprint density at radius 3 is 1.31 bits per heavy atom. The standard InChI is InChI=1S/C39H62N2O4/c1-29-31(27-38(42)43)26-30(22-24-40(32-14-6-2-7-15-32)33-16-8-3-9-17-33)37(28-39(44)45)36(29)23-25-41(34-18-10-4-11-19-34)35-20-12-5-13-21-35/h26,32-35H,2-25,27-28H2,1H3,(H,42,43)(H,44,45). The molecule has 2 N–H and O–H groups in total. The maximum atomic E-state index is 12.4. The predicted molar refractivity (Wildman–Crippen MR) is 182 cm³/mol. The summed E-state index contributed by atoms with van der Waals surface area (Å²) in [5, 5.41) is 20.1. The van der Waals surface area contributed by atoms with E-state index in [2.05, 4.69) is 22.8 Å². The van der Waals surface area contributed by atoms with Crippen LogP contribution in [0.4, 0.5) is 0 Å². The molecular formula is C39H62N2O4. The molecule has 0 aromatic heterocycles. The third-order valence-electron chi connectivity index (χ3n) is 12.1. The van der Waals surface area contributed by atoms with E-state index in [9.17, 15) is 19.8 Å². The third kappa shape index (κ3) is 9.56. The maximum Gasteiger partial charge on any atom is 0.307 e. The van der Waals surface area contributed by atoms with E-state index in [4.69, 9.17) is 0 Å². The molecule has 0 amide bonds. The van der Waals surface area contributed by atoms with E-state index < -0.39 is 11.9 Å². The summed E-state index contributed by atoms with van der Waals surface area (Å²) in [6, 6.07) is 4.61. The summed E-state index contributed by atoms with van der Waals surface area (Å²) in [7, 11) is 0. The molecule has 0 bridgehead atoms. The predicted octanol–water partition coefficient (Wildman–Crippen LogP) is 8.27. The van der Waals surface area contributed by atoms with Gasteiger partial charge in [-0.05, 0) is 98.9 Å². The first-order valence-electron chi connectivity index (χ1n) is 19.0. The fraction of sp³-hybridized carbons (Fsp3) is 0.795. The van der Waals surface area contributed by atoms with Crippen molar-refractivity contribution in [3.63, 3.8) is 0 Å². The number of carboxylic acids is 2. The number of nitrogens with zero attached hydrogens (tertiary/aromatic N) is 2. The molecule has 4 fully saturated rings. The molecule has 4 aliphatic rings. The highest BCUT2D eigenvalue weighted by molar-refractivity contribution is 5.74. The zero-order valence-corrected chi connectivity index (χ0v) is 28.4. The van der Waals surface area contributed by atoms with Gasteiger partial charge in [0.15, 0.2) is 0 Å². The summed E-state index contributed by atoms with van der Waals surface area (Å²) >= 11 is 0. The SMILES string of the molecule is Cc1c(CC(=O)O)cc(CCN(C2CCCCC2)C2CCCCC2)c(CC(=O)O)c1CCN(C1CCCCC1)C1CCCCC1. The molecule has 0 heterocycles. The van der Waals surface area contributed by atoms with Crippen LogP contribution < -0.4 is 0 Å². The van der Waals surface area contributed by atoms with Gasteiger partial charge in [-0.25, -0.2) is 0 Å². The molecule has 0 saturated heterocycles. The van der Waals surface area contributed by atoms with Gasteiger partial charge in [-0.3, -0.25) is 19.4 Å². The molecule has 4 aliphatic carbocycles. The van der Waals surface area contributed by atoms with Crippen molar-refractivity contribution >= 4 is 11.9 Å². The summed E-state index contributed by atoms with van der Waals surface area (Å²) in [5.74, 6) is -1.59. The molecule has 0 aliphatic heterocycles. The first-order valence-corrected chi connectivity index (χ1v) is 19.0. The summed E-state index contributed by atoms with van der Waals surface area (Å²) in [5.41, 5.74) is 5.09. The highest BCUT2D eigenvalue weighted by Gasteiger charge is 2.31. The van der Waals surface area contributed by atoms with Crippen molar-refractivity contribution in [1.82, 2.24) is 9.80 Å². The van der Waals surface area contributed by atoms with E-state index in [1.807, 2.05) is 0 Å². The van der Waals surface area contributed by atoms with Crippen molar-refractivity contribution in [3.05, 3.63) is 33.9 Å². The average Bonchev–Trinajstić information content (AvgIpc) is 3.06. The van der Waals surface area contributed by atoms with Gasteiger partial charge in [0.05, 0.1) is 12.8 Å². The van der Waals surface area contributed by atoms with Gasteiger partial charge in [-0.15, -0.1) is 0 Å². The van der Waals surface area contributed by atoms with Gasteiger partial charge in [0.2, 0.25) is 0 Å². The molecule has 5 rings (SSSR count). The van der Waals surface area contributed by atoms with Gasteiger partial charge in [0, 0.05) is 37.3 Å². The number of hydrogen-bond acceptors (Lipinski definition) is 4. The van der Waals surface area contributed by atoms with Crippen LogP contribution in [-0.2, 0) is 35.3 Å². The molecule has 1 aromatic rings. The first-order chi connectivity index (χ1) is 21.9. The first kappa shape index (κ1) is 34.4. The Kier molecular flexibility index (Phi) is 13.2. The fourth-order valence-corrected chi connectivity index (χ4v) is 9.77. The van der Waals surface area contributed by atoms with Crippen LogP contribution in [-0.4, -0.2) is 69.2 Å². The van der Waals surface area contributed by atoms with Crippen molar-refractivity contribution in [3.8, 4) is 0 Å². The minimum atomic E-state index is -0.807. The van der Waals surface area contributed by atoms with E-state index in [1.165, 1.54) is 128 Å². The van der Waals surface area contributed by atoms with Crippen LogP contribution in [0.15, 0.2) is 6.07 Å². The van der Waals surface area contributed by atoms with E-state index in [-0.39, 0.29) is 12.8 Å². The lowest BCUT2D eigenvalue weighted by Gasteiger charge is -2.42. The number of hydrogen-bond donors (Lipinski definition) is 2. The van der Waals surface area contributed by atoms with Gasteiger partial charge in [0.25, 0.3) is 0 Å². The van der Waals surface area contributed by atoms with Gasteiger partial charge < -0.3 is 10.2 Å². The Balaban J connectivity index is 1.44. The largest absolute Gasteiger partial charge is 0.481 e. The number of carboxylic acid groups (broad SMARTS) is 2. The topological polar surface area (TPSA) is 81.1 Å². The second kappa shape index (κ2) is 17.3. The number of carbonyl (C=O) groups is 2. The molecule has 0 unspecified atom stereocenters. The van der Waals surface area contributed by atoms with Crippen LogP contribution in [0.3, 0.4) is 0 Å². The van der Waals surface area contributed by atoms with Crippen molar-refractivity contribution in [2.24, 2.45) is 0 Å². The molecule has 45 heavy (non-hydrogen) atoms. The Hall–Kier alpha value is -1.92. The molecular weight excluding hydrogens is 560 g/mol. The van der Waals surface area contributed by atoms with Crippen molar-refractivity contribution in [2.75, 3.05) is 13.1 Å². The molecule has 6 heteroatoms. The molecule has 252 valence electrons. The minimum absolute atomic E-state index is 0.00309. The Bertz CT molecular complexity index is 1060. The van der Waals surface area contributed by atoms with E-state index in [0.29, 0.717) is 24.2 Å². The Labute approximate surface area is 273 Å². The number of rotatable bonds is 14. The lowest BCUT2D eigenvalue weighted by atomic mass is 9.84.